The quantitative estimate of drug-likeness (QED) is 0.351. The number of aliphatic hydroxyl groups excluding tert-OH is 3. The molecular formula is C8H12O9. The number of aliphatic hydroxyl groups is 3. The largest absolute Gasteiger partial charge is 0.480 e. The van der Waals surface area contributed by atoms with Crippen LogP contribution < -0.4 is 0 Å². The lowest BCUT2D eigenvalue weighted by atomic mass is 9.99. The van der Waals surface area contributed by atoms with E-state index in [0.29, 0.717) is 0 Å². The van der Waals surface area contributed by atoms with Gasteiger partial charge in [0.05, 0.1) is 0 Å². The van der Waals surface area contributed by atoms with Gasteiger partial charge >= 0.3 is 11.9 Å². The lowest BCUT2D eigenvalue weighted by Gasteiger charge is -2.38. The van der Waals surface area contributed by atoms with E-state index in [9.17, 15) is 24.9 Å². The highest BCUT2D eigenvalue weighted by atomic mass is 16.7. The lowest BCUT2D eigenvalue weighted by Crippen LogP contribution is -2.60. The Morgan fingerprint density at radius 3 is 2.12 bits per heavy atom. The van der Waals surface area contributed by atoms with Crippen molar-refractivity contribution in [1.82, 2.24) is 0 Å². The number of carbonyl (C=O) groups is 2. The molecule has 0 amide bonds. The third-order valence-electron chi connectivity index (χ3n) is 2.18. The smallest absolute Gasteiger partial charge is 0.335 e. The summed E-state index contributed by atoms with van der Waals surface area (Å²) >= 11 is 0. The van der Waals surface area contributed by atoms with Crippen molar-refractivity contribution >= 4 is 11.9 Å². The zero-order chi connectivity index (χ0) is 13.2. The van der Waals surface area contributed by atoms with Gasteiger partial charge in [0.2, 0.25) is 0 Å². The summed E-state index contributed by atoms with van der Waals surface area (Å²) in [4.78, 5) is 20.9. The fourth-order valence-electron chi connectivity index (χ4n) is 1.34. The van der Waals surface area contributed by atoms with Crippen LogP contribution in [-0.4, -0.2) is 74.8 Å². The van der Waals surface area contributed by atoms with Gasteiger partial charge in [0.15, 0.2) is 12.4 Å². The van der Waals surface area contributed by atoms with Gasteiger partial charge in [0.1, 0.15) is 24.9 Å². The minimum atomic E-state index is -1.83. The molecule has 98 valence electrons. The molecule has 1 rings (SSSR count). The molecule has 9 heteroatoms. The molecule has 0 saturated carbocycles. The fraction of sp³-hybridized carbons (Fsp3) is 0.750. The van der Waals surface area contributed by atoms with Crippen molar-refractivity contribution in [1.29, 1.82) is 0 Å². The van der Waals surface area contributed by atoms with E-state index in [2.05, 4.69) is 9.47 Å². The molecule has 0 aliphatic carbocycles. The molecule has 1 aliphatic heterocycles. The van der Waals surface area contributed by atoms with Crippen molar-refractivity contribution in [3.05, 3.63) is 0 Å². The van der Waals surface area contributed by atoms with E-state index >= 15 is 0 Å². The molecule has 0 aromatic carbocycles. The molecule has 0 aromatic heterocycles. The second-order valence-electron chi connectivity index (χ2n) is 3.44. The predicted molar refractivity (Wildman–Crippen MR) is 47.9 cm³/mol. The number of aliphatic carboxylic acids is 2. The molecule has 1 heterocycles. The fourth-order valence-corrected chi connectivity index (χ4v) is 1.34. The average molecular weight is 252 g/mol. The van der Waals surface area contributed by atoms with E-state index < -0.39 is 49.3 Å². The number of carboxylic acid groups (broad SMARTS) is 2. The molecule has 17 heavy (non-hydrogen) atoms. The number of hydrogen-bond donors (Lipinski definition) is 5. The van der Waals surface area contributed by atoms with Gasteiger partial charge < -0.3 is 35.0 Å². The summed E-state index contributed by atoms with van der Waals surface area (Å²) in [5.41, 5.74) is 0. The van der Waals surface area contributed by atoms with E-state index in [4.69, 9.17) is 10.2 Å². The van der Waals surface area contributed by atoms with E-state index in [-0.39, 0.29) is 0 Å². The number of ether oxygens (including phenoxy) is 2. The SMILES string of the molecule is O=C(O)CO[C@@H]1OC(C(=O)O)[C@H](O)C(O)C1O. The summed E-state index contributed by atoms with van der Waals surface area (Å²) in [5.74, 6) is -2.92. The first-order valence-electron chi connectivity index (χ1n) is 4.60. The summed E-state index contributed by atoms with van der Waals surface area (Å²) < 4.78 is 9.20. The molecule has 5 atom stereocenters. The van der Waals surface area contributed by atoms with Gasteiger partial charge in [-0.05, 0) is 0 Å². The maximum atomic E-state index is 10.7. The van der Waals surface area contributed by atoms with Gasteiger partial charge in [0.25, 0.3) is 0 Å². The average Bonchev–Trinajstić information content (AvgIpc) is 2.24. The van der Waals surface area contributed by atoms with Crippen molar-refractivity contribution in [2.75, 3.05) is 6.61 Å². The summed E-state index contributed by atoms with van der Waals surface area (Å²) in [7, 11) is 0. The van der Waals surface area contributed by atoms with Crippen LogP contribution in [0.15, 0.2) is 0 Å². The van der Waals surface area contributed by atoms with E-state index in [1.165, 1.54) is 0 Å². The normalized spacial score (nSPS) is 37.7. The van der Waals surface area contributed by atoms with Crippen molar-refractivity contribution < 1.29 is 44.6 Å². The first-order valence-corrected chi connectivity index (χ1v) is 4.60. The van der Waals surface area contributed by atoms with Crippen molar-refractivity contribution in [2.24, 2.45) is 0 Å². The molecule has 3 unspecified atom stereocenters. The Balaban J connectivity index is 2.71. The zero-order valence-corrected chi connectivity index (χ0v) is 8.46. The Kier molecular flexibility index (Phi) is 4.37. The van der Waals surface area contributed by atoms with Gasteiger partial charge in [-0.15, -0.1) is 0 Å². The van der Waals surface area contributed by atoms with Gasteiger partial charge in [-0.25, -0.2) is 9.59 Å². The summed E-state index contributed by atoms with van der Waals surface area (Å²) in [6.07, 6.45) is -8.80. The van der Waals surface area contributed by atoms with Gasteiger partial charge in [-0.1, -0.05) is 0 Å². The molecule has 1 aliphatic rings. The Morgan fingerprint density at radius 2 is 1.65 bits per heavy atom. The molecule has 0 aromatic rings. The minimum Gasteiger partial charge on any atom is -0.480 e. The standard InChI is InChI=1S/C8H12O9/c9-2(10)1-16-8-5(13)3(11)4(12)6(17-8)7(14)15/h3-6,8,11-13H,1H2,(H,9,10)(H,14,15)/t3?,4-,5?,6?,8-/m1/s1. The molecule has 0 radical (unpaired) electrons. The Hall–Kier alpha value is -1.26. The first kappa shape index (κ1) is 13.8. The number of hydrogen-bond acceptors (Lipinski definition) is 7. The molecular weight excluding hydrogens is 240 g/mol. The van der Waals surface area contributed by atoms with Crippen LogP contribution in [0, 0.1) is 0 Å². The third kappa shape index (κ3) is 3.11. The summed E-state index contributed by atoms with van der Waals surface area (Å²) in [6.45, 7) is -0.836. The topological polar surface area (TPSA) is 154 Å². The van der Waals surface area contributed by atoms with Crippen LogP contribution in [0.2, 0.25) is 0 Å². The third-order valence-corrected chi connectivity index (χ3v) is 2.18. The van der Waals surface area contributed by atoms with Crippen LogP contribution >= 0.6 is 0 Å². The molecule has 0 spiro atoms. The zero-order valence-electron chi connectivity index (χ0n) is 8.46. The second kappa shape index (κ2) is 5.38. The summed E-state index contributed by atoms with van der Waals surface area (Å²) in [6, 6.07) is 0. The first-order chi connectivity index (χ1) is 7.84. The van der Waals surface area contributed by atoms with Crippen LogP contribution in [0.25, 0.3) is 0 Å². The second-order valence-corrected chi connectivity index (χ2v) is 3.44. The lowest BCUT2D eigenvalue weighted by molar-refractivity contribution is -0.293. The van der Waals surface area contributed by atoms with Crippen LogP contribution in [0.4, 0.5) is 0 Å². The highest BCUT2D eigenvalue weighted by molar-refractivity contribution is 5.73. The van der Waals surface area contributed by atoms with Gasteiger partial charge in [0, 0.05) is 0 Å². The van der Waals surface area contributed by atoms with Crippen molar-refractivity contribution in [2.45, 2.75) is 30.7 Å². The van der Waals surface area contributed by atoms with E-state index in [1.54, 1.807) is 0 Å². The van der Waals surface area contributed by atoms with Crippen LogP contribution in [0.3, 0.4) is 0 Å². The molecule has 1 saturated heterocycles. The van der Waals surface area contributed by atoms with Crippen molar-refractivity contribution in [3.8, 4) is 0 Å². The molecule has 0 bridgehead atoms. The maximum Gasteiger partial charge on any atom is 0.335 e. The molecule has 9 nitrogen and oxygen atoms in total. The van der Waals surface area contributed by atoms with E-state index in [1.807, 2.05) is 0 Å². The molecule has 5 N–H and O–H groups in total. The van der Waals surface area contributed by atoms with Crippen LogP contribution in [0.5, 0.6) is 0 Å². The van der Waals surface area contributed by atoms with Crippen LogP contribution in [-0.2, 0) is 19.1 Å². The van der Waals surface area contributed by atoms with E-state index in [0.717, 1.165) is 0 Å². The Labute approximate surface area is 94.8 Å². The number of carboxylic acids is 2. The van der Waals surface area contributed by atoms with Gasteiger partial charge in [-0.2, -0.15) is 0 Å². The Bertz CT molecular complexity index is 303. The van der Waals surface area contributed by atoms with Crippen molar-refractivity contribution in [3.63, 3.8) is 0 Å². The maximum absolute atomic E-state index is 10.7. The van der Waals surface area contributed by atoms with Crippen LogP contribution in [0.1, 0.15) is 0 Å². The minimum absolute atomic E-state index is 0.836. The summed E-state index contributed by atoms with van der Waals surface area (Å²) in [5, 5.41) is 45.0. The highest BCUT2D eigenvalue weighted by Crippen LogP contribution is 2.22. The monoisotopic (exact) mass is 252 g/mol. The predicted octanol–water partition coefficient (Wildman–Crippen LogP) is -3.02. The Morgan fingerprint density at radius 1 is 1.06 bits per heavy atom. The number of rotatable bonds is 4. The molecule has 1 fully saturated rings. The highest BCUT2D eigenvalue weighted by Gasteiger charge is 2.47. The van der Waals surface area contributed by atoms with Gasteiger partial charge in [-0.3, -0.25) is 0 Å².